The molecular formula is C23H25ClF2N4O5S. The summed E-state index contributed by atoms with van der Waals surface area (Å²) in [5.41, 5.74) is 5.48. The van der Waals surface area contributed by atoms with Gasteiger partial charge in [0.05, 0.1) is 11.4 Å². The zero-order valence-corrected chi connectivity index (χ0v) is 20.8. The highest BCUT2D eigenvalue weighted by molar-refractivity contribution is 7.89. The van der Waals surface area contributed by atoms with Gasteiger partial charge in [-0.1, -0.05) is 11.6 Å². The van der Waals surface area contributed by atoms with Crippen LogP contribution >= 0.6 is 11.6 Å². The number of hydrogen-bond donors (Lipinski definition) is 1. The van der Waals surface area contributed by atoms with Crippen molar-refractivity contribution in [1.29, 1.82) is 0 Å². The third-order valence-electron chi connectivity index (χ3n) is 6.17. The summed E-state index contributed by atoms with van der Waals surface area (Å²) in [6.45, 7) is 1.21. The topological polar surface area (TPSA) is 113 Å². The highest BCUT2D eigenvalue weighted by Gasteiger charge is 2.40. The van der Waals surface area contributed by atoms with Crippen molar-refractivity contribution in [3.8, 4) is 11.5 Å². The molecule has 0 unspecified atom stereocenters. The maximum absolute atomic E-state index is 14.8. The Balaban J connectivity index is 1.52. The van der Waals surface area contributed by atoms with Crippen molar-refractivity contribution in [2.45, 2.75) is 23.8 Å². The lowest BCUT2D eigenvalue weighted by Gasteiger charge is -2.39. The van der Waals surface area contributed by atoms with Crippen LogP contribution in [0.5, 0.6) is 11.5 Å². The first kappa shape index (κ1) is 26.3. The summed E-state index contributed by atoms with van der Waals surface area (Å²) in [6, 6.07) is 5.68. The molecule has 13 heteroatoms. The van der Waals surface area contributed by atoms with Gasteiger partial charge in [0, 0.05) is 37.7 Å². The summed E-state index contributed by atoms with van der Waals surface area (Å²) in [7, 11) is -4.51. The van der Waals surface area contributed by atoms with E-state index in [0.29, 0.717) is 30.2 Å². The van der Waals surface area contributed by atoms with Crippen LogP contribution in [0.4, 0.5) is 8.78 Å². The number of carbonyl (C=O) groups is 2. The molecule has 1 atom stereocenters. The van der Waals surface area contributed by atoms with E-state index >= 15 is 0 Å². The van der Waals surface area contributed by atoms with Crippen LogP contribution in [0.25, 0.3) is 0 Å². The summed E-state index contributed by atoms with van der Waals surface area (Å²) in [4.78, 5) is 27.3. The molecule has 2 aliphatic heterocycles. The standard InChI is InChI=1S/C23H25ClF2N4O5S/c24-15-3-5-16(6-4-15)35-22-18(25)11-17(12-19(22)26)36(33,34)30-10-9-28(13-20(30)23(27)32)14-21(31)29-7-1-2-8-29/h3-6,11-12,20H,1-2,7-10,13-14H2,(H2,27,32)/t20-/m1/s1. The zero-order valence-electron chi connectivity index (χ0n) is 19.2. The van der Waals surface area contributed by atoms with Gasteiger partial charge in [0.15, 0.2) is 17.4 Å². The quantitative estimate of drug-likeness (QED) is 0.574. The van der Waals surface area contributed by atoms with Crippen LogP contribution in [0.3, 0.4) is 0 Å². The predicted molar refractivity (Wildman–Crippen MR) is 127 cm³/mol. The summed E-state index contributed by atoms with van der Waals surface area (Å²) < 4.78 is 62.2. The molecule has 2 amide bonds. The summed E-state index contributed by atoms with van der Waals surface area (Å²) in [6.07, 6.45) is 1.86. The lowest BCUT2D eigenvalue weighted by molar-refractivity contribution is -0.133. The Labute approximate surface area is 212 Å². The van der Waals surface area contributed by atoms with Gasteiger partial charge in [0.2, 0.25) is 21.8 Å². The van der Waals surface area contributed by atoms with Crippen LogP contribution in [-0.4, -0.2) is 79.6 Å². The normalized spacial score (nSPS) is 19.4. The average molecular weight is 543 g/mol. The Morgan fingerprint density at radius 2 is 1.64 bits per heavy atom. The fourth-order valence-corrected chi connectivity index (χ4v) is 6.01. The number of likely N-dealkylation sites (tertiary alicyclic amines) is 1. The van der Waals surface area contributed by atoms with Gasteiger partial charge in [-0.3, -0.25) is 14.5 Å². The number of nitrogens with zero attached hydrogens (tertiary/aromatic N) is 3. The first-order chi connectivity index (χ1) is 17.1. The van der Waals surface area contributed by atoms with Crippen LogP contribution in [0.2, 0.25) is 5.02 Å². The van der Waals surface area contributed by atoms with E-state index in [-0.39, 0.29) is 37.8 Å². The maximum Gasteiger partial charge on any atom is 0.244 e. The van der Waals surface area contributed by atoms with E-state index in [0.717, 1.165) is 17.1 Å². The smallest absolute Gasteiger partial charge is 0.244 e. The molecule has 2 N–H and O–H groups in total. The van der Waals surface area contributed by atoms with E-state index < -0.39 is 44.3 Å². The maximum atomic E-state index is 14.8. The van der Waals surface area contributed by atoms with Gasteiger partial charge >= 0.3 is 0 Å². The Kier molecular flexibility index (Phi) is 7.79. The molecule has 194 valence electrons. The van der Waals surface area contributed by atoms with Crippen LogP contribution < -0.4 is 10.5 Å². The number of primary amides is 1. The number of halogens is 3. The summed E-state index contributed by atoms with van der Waals surface area (Å²) in [5.74, 6) is -4.20. The van der Waals surface area contributed by atoms with E-state index in [1.165, 1.54) is 24.3 Å². The van der Waals surface area contributed by atoms with E-state index in [4.69, 9.17) is 22.1 Å². The van der Waals surface area contributed by atoms with Crippen molar-refractivity contribution in [2.75, 3.05) is 39.3 Å². The Morgan fingerprint density at radius 3 is 2.22 bits per heavy atom. The van der Waals surface area contributed by atoms with E-state index in [1.54, 1.807) is 9.80 Å². The third kappa shape index (κ3) is 5.61. The molecule has 2 aromatic rings. The lowest BCUT2D eigenvalue weighted by atomic mass is 10.2. The van der Waals surface area contributed by atoms with E-state index in [9.17, 15) is 26.8 Å². The van der Waals surface area contributed by atoms with Gasteiger partial charge in [0.25, 0.3) is 0 Å². The van der Waals surface area contributed by atoms with E-state index in [2.05, 4.69) is 0 Å². The van der Waals surface area contributed by atoms with Crippen LogP contribution in [0.15, 0.2) is 41.3 Å². The number of amides is 2. The Morgan fingerprint density at radius 1 is 1.03 bits per heavy atom. The minimum atomic E-state index is -4.51. The fourth-order valence-electron chi connectivity index (χ4n) is 4.28. The second kappa shape index (κ2) is 10.7. The zero-order chi connectivity index (χ0) is 26.0. The number of hydrogen-bond acceptors (Lipinski definition) is 6. The minimum absolute atomic E-state index is 0.0255. The van der Waals surface area contributed by atoms with Crippen molar-refractivity contribution < 1.29 is 31.5 Å². The monoisotopic (exact) mass is 542 g/mol. The van der Waals surface area contributed by atoms with Crippen molar-refractivity contribution in [2.24, 2.45) is 5.73 Å². The largest absolute Gasteiger partial charge is 0.451 e. The van der Waals surface area contributed by atoms with E-state index in [1.807, 2.05) is 0 Å². The first-order valence-electron chi connectivity index (χ1n) is 11.3. The van der Waals surface area contributed by atoms with Gasteiger partial charge in [-0.15, -0.1) is 0 Å². The number of carbonyl (C=O) groups excluding carboxylic acids is 2. The van der Waals surface area contributed by atoms with Gasteiger partial charge in [-0.25, -0.2) is 17.2 Å². The number of ether oxygens (including phenoxy) is 1. The molecule has 36 heavy (non-hydrogen) atoms. The number of rotatable bonds is 7. The minimum Gasteiger partial charge on any atom is -0.451 e. The molecule has 4 rings (SSSR count). The molecule has 0 radical (unpaired) electrons. The lowest BCUT2D eigenvalue weighted by Crippen LogP contribution is -2.60. The molecule has 0 saturated carbocycles. The number of nitrogens with two attached hydrogens (primary N) is 1. The molecule has 2 fully saturated rings. The molecule has 0 bridgehead atoms. The molecular weight excluding hydrogens is 518 g/mol. The number of sulfonamides is 1. The highest BCUT2D eigenvalue weighted by atomic mass is 35.5. The second-order valence-electron chi connectivity index (χ2n) is 8.63. The van der Waals surface area contributed by atoms with Gasteiger partial charge < -0.3 is 15.4 Å². The first-order valence-corrected chi connectivity index (χ1v) is 13.1. The number of benzene rings is 2. The second-order valence-corrected chi connectivity index (χ2v) is 11.0. The predicted octanol–water partition coefficient (Wildman–Crippen LogP) is 2.19. The molecule has 2 heterocycles. The molecule has 9 nitrogen and oxygen atoms in total. The summed E-state index contributed by atoms with van der Waals surface area (Å²) >= 11 is 5.79. The van der Waals surface area contributed by atoms with Crippen LogP contribution in [0.1, 0.15) is 12.8 Å². The van der Waals surface area contributed by atoms with Crippen molar-refractivity contribution in [3.05, 3.63) is 53.1 Å². The van der Waals surface area contributed by atoms with Crippen LogP contribution in [-0.2, 0) is 19.6 Å². The molecule has 0 spiro atoms. The molecule has 0 aliphatic carbocycles. The molecule has 2 saturated heterocycles. The molecule has 2 aliphatic rings. The SMILES string of the molecule is NC(=O)[C@H]1CN(CC(=O)N2CCCC2)CCN1S(=O)(=O)c1cc(F)c(Oc2ccc(Cl)cc2)c(F)c1. The Hall–Kier alpha value is -2.80. The highest BCUT2D eigenvalue weighted by Crippen LogP contribution is 2.32. The fraction of sp³-hybridized carbons (Fsp3) is 0.391. The Bertz CT molecular complexity index is 1230. The third-order valence-corrected chi connectivity index (χ3v) is 8.31. The number of piperazine rings is 1. The van der Waals surface area contributed by atoms with Crippen molar-refractivity contribution in [3.63, 3.8) is 0 Å². The van der Waals surface area contributed by atoms with Gasteiger partial charge in [0.1, 0.15) is 11.8 Å². The average Bonchev–Trinajstić information content (AvgIpc) is 3.37. The van der Waals surface area contributed by atoms with Gasteiger partial charge in [-0.2, -0.15) is 4.31 Å². The van der Waals surface area contributed by atoms with Gasteiger partial charge in [-0.05, 0) is 49.2 Å². The molecule has 0 aromatic heterocycles. The van der Waals surface area contributed by atoms with Crippen molar-refractivity contribution in [1.82, 2.24) is 14.1 Å². The summed E-state index contributed by atoms with van der Waals surface area (Å²) in [5, 5.41) is 0.397. The van der Waals surface area contributed by atoms with Crippen LogP contribution in [0, 0.1) is 11.6 Å². The van der Waals surface area contributed by atoms with Crippen molar-refractivity contribution >= 4 is 33.4 Å². The molecule has 2 aromatic carbocycles.